The summed E-state index contributed by atoms with van der Waals surface area (Å²) in [6.07, 6.45) is 6.12. The summed E-state index contributed by atoms with van der Waals surface area (Å²) >= 11 is 0. The number of hydrogen-bond donors (Lipinski definition) is 3. The van der Waals surface area contributed by atoms with Crippen LogP contribution < -0.4 is 5.32 Å². The predicted octanol–water partition coefficient (Wildman–Crippen LogP) is 0.234. The maximum absolute atomic E-state index is 8.73. The zero-order chi connectivity index (χ0) is 12.8. The molecule has 2 aromatic rings. The van der Waals surface area contributed by atoms with Gasteiger partial charge >= 0.3 is 0 Å². The molecule has 0 saturated heterocycles. The fourth-order valence-corrected chi connectivity index (χ4v) is 1.63. The minimum absolute atomic E-state index is 0.141. The monoisotopic (exact) mass is 250 g/mol. The third-order valence-electron chi connectivity index (χ3n) is 2.65. The molecule has 0 aliphatic rings. The molecule has 2 heterocycles. The zero-order valence-corrected chi connectivity index (χ0v) is 10.4. The lowest BCUT2D eigenvalue weighted by Crippen LogP contribution is -2.19. The van der Waals surface area contributed by atoms with Crippen LogP contribution in [0.1, 0.15) is 30.9 Å². The highest BCUT2D eigenvalue weighted by atomic mass is 16.3. The molecule has 1 unspecified atom stereocenters. The van der Waals surface area contributed by atoms with Crippen molar-refractivity contribution >= 4 is 0 Å². The number of imidazole rings is 1. The van der Waals surface area contributed by atoms with Gasteiger partial charge in [0.1, 0.15) is 5.82 Å². The molecule has 0 spiro atoms. The Morgan fingerprint density at radius 3 is 3.17 bits per heavy atom. The predicted molar refractivity (Wildman–Crippen MR) is 65.6 cm³/mol. The topological polar surface area (TPSA) is 91.7 Å². The first-order valence-corrected chi connectivity index (χ1v) is 6.02. The lowest BCUT2D eigenvalue weighted by Gasteiger charge is -2.09. The second-order valence-electron chi connectivity index (χ2n) is 4.13. The number of nitrogens with one attached hydrogen (secondary N) is 2. The van der Waals surface area contributed by atoms with Crippen LogP contribution in [0.25, 0.3) is 0 Å². The summed E-state index contributed by atoms with van der Waals surface area (Å²) in [7, 11) is 0. The molecule has 7 nitrogen and oxygen atoms in total. The normalized spacial score (nSPS) is 12.8. The van der Waals surface area contributed by atoms with E-state index in [1.165, 1.54) is 0 Å². The molecule has 1 atom stereocenters. The first kappa shape index (κ1) is 12.7. The number of aryl methyl sites for hydroxylation is 1. The number of rotatable bonds is 7. The summed E-state index contributed by atoms with van der Waals surface area (Å²) in [5.41, 5.74) is 0.881. The van der Waals surface area contributed by atoms with E-state index >= 15 is 0 Å². The fraction of sp³-hybridized carbons (Fsp3) is 0.545. The van der Waals surface area contributed by atoms with Crippen LogP contribution in [0.3, 0.4) is 0 Å². The molecular formula is C11H18N6O. The Labute approximate surface area is 105 Å². The summed E-state index contributed by atoms with van der Waals surface area (Å²) in [6, 6.07) is 0.141. The highest BCUT2D eigenvalue weighted by Crippen LogP contribution is 2.06. The number of aliphatic hydroxyl groups excluding tert-OH is 1. The first-order valence-electron chi connectivity index (χ1n) is 6.02. The second-order valence-corrected chi connectivity index (χ2v) is 4.13. The minimum Gasteiger partial charge on any atom is -0.396 e. The third-order valence-corrected chi connectivity index (χ3v) is 2.65. The van der Waals surface area contributed by atoms with Gasteiger partial charge in [-0.3, -0.25) is 4.68 Å². The van der Waals surface area contributed by atoms with Crippen molar-refractivity contribution in [3.05, 3.63) is 30.1 Å². The molecule has 0 aromatic carbocycles. The van der Waals surface area contributed by atoms with Gasteiger partial charge in [-0.2, -0.15) is 0 Å². The molecule has 2 aromatic heterocycles. The molecule has 0 aliphatic heterocycles. The van der Waals surface area contributed by atoms with E-state index in [9.17, 15) is 0 Å². The fourth-order valence-electron chi connectivity index (χ4n) is 1.63. The average molecular weight is 250 g/mol. The van der Waals surface area contributed by atoms with Crippen molar-refractivity contribution in [1.82, 2.24) is 30.3 Å². The van der Waals surface area contributed by atoms with Crippen LogP contribution in [-0.2, 0) is 13.1 Å². The smallest absolute Gasteiger partial charge is 0.122 e. The lowest BCUT2D eigenvalue weighted by atomic mass is 10.3. The van der Waals surface area contributed by atoms with Crippen molar-refractivity contribution in [3.8, 4) is 0 Å². The van der Waals surface area contributed by atoms with Crippen LogP contribution in [0, 0.1) is 0 Å². The molecule has 0 saturated carbocycles. The number of aromatic nitrogens is 5. The van der Waals surface area contributed by atoms with E-state index in [1.807, 2.05) is 13.1 Å². The van der Waals surface area contributed by atoms with Gasteiger partial charge in [0.2, 0.25) is 0 Å². The number of nitrogens with zero attached hydrogens (tertiary/aromatic N) is 4. The summed E-state index contributed by atoms with van der Waals surface area (Å²) in [5.74, 6) is 0.905. The van der Waals surface area contributed by atoms with Crippen LogP contribution in [0.2, 0.25) is 0 Å². The molecule has 0 aliphatic carbocycles. The highest BCUT2D eigenvalue weighted by molar-refractivity contribution is 4.97. The van der Waals surface area contributed by atoms with Crippen LogP contribution in [-0.4, -0.2) is 36.7 Å². The molecule has 7 heteroatoms. The Hall–Kier alpha value is -1.73. The Kier molecular flexibility index (Phi) is 4.43. The van der Waals surface area contributed by atoms with Gasteiger partial charge in [0, 0.05) is 38.3 Å². The molecule has 0 bridgehead atoms. The van der Waals surface area contributed by atoms with Crippen molar-refractivity contribution in [3.63, 3.8) is 0 Å². The quantitative estimate of drug-likeness (QED) is 0.654. The van der Waals surface area contributed by atoms with Gasteiger partial charge in [-0.05, 0) is 13.3 Å². The SMILES string of the molecule is CC(NCc1cn(CCCO)nn1)c1ncc[nH]1. The van der Waals surface area contributed by atoms with Crippen molar-refractivity contribution in [2.45, 2.75) is 32.5 Å². The molecule has 0 amide bonds. The summed E-state index contributed by atoms with van der Waals surface area (Å²) in [6.45, 7) is 3.54. The van der Waals surface area contributed by atoms with Gasteiger partial charge in [0.05, 0.1) is 11.7 Å². The lowest BCUT2D eigenvalue weighted by molar-refractivity contribution is 0.276. The number of aliphatic hydroxyl groups is 1. The Balaban J connectivity index is 1.81. The van der Waals surface area contributed by atoms with Gasteiger partial charge in [0.25, 0.3) is 0 Å². The summed E-state index contributed by atoms with van der Waals surface area (Å²) in [4.78, 5) is 7.25. The van der Waals surface area contributed by atoms with Crippen LogP contribution in [0.15, 0.2) is 18.6 Å². The first-order chi connectivity index (χ1) is 8.79. The maximum atomic E-state index is 8.73. The van der Waals surface area contributed by atoms with Gasteiger partial charge in [-0.25, -0.2) is 4.98 Å². The van der Waals surface area contributed by atoms with Gasteiger partial charge in [-0.1, -0.05) is 5.21 Å². The van der Waals surface area contributed by atoms with E-state index in [0.717, 1.165) is 11.5 Å². The largest absolute Gasteiger partial charge is 0.396 e. The molecular weight excluding hydrogens is 232 g/mol. The van der Waals surface area contributed by atoms with Crippen molar-refractivity contribution in [2.75, 3.05) is 6.61 Å². The van der Waals surface area contributed by atoms with Gasteiger partial charge < -0.3 is 15.4 Å². The highest BCUT2D eigenvalue weighted by Gasteiger charge is 2.08. The molecule has 18 heavy (non-hydrogen) atoms. The Morgan fingerprint density at radius 2 is 2.44 bits per heavy atom. The van der Waals surface area contributed by atoms with Gasteiger partial charge in [0.15, 0.2) is 0 Å². The molecule has 2 rings (SSSR count). The standard InChI is InChI=1S/C11H18N6O/c1-9(11-12-3-4-13-11)14-7-10-8-17(16-15-10)5-2-6-18/h3-4,8-9,14,18H,2,5-7H2,1H3,(H,12,13). The Bertz CT molecular complexity index is 452. The van der Waals surface area contributed by atoms with Crippen molar-refractivity contribution in [2.24, 2.45) is 0 Å². The van der Waals surface area contributed by atoms with E-state index in [1.54, 1.807) is 17.1 Å². The maximum Gasteiger partial charge on any atom is 0.122 e. The average Bonchev–Trinajstić information content (AvgIpc) is 3.04. The summed E-state index contributed by atoms with van der Waals surface area (Å²) < 4.78 is 1.74. The van der Waals surface area contributed by atoms with Crippen LogP contribution >= 0.6 is 0 Å². The third kappa shape index (κ3) is 3.38. The minimum atomic E-state index is 0.141. The van der Waals surface area contributed by atoms with Crippen molar-refractivity contribution < 1.29 is 5.11 Å². The number of hydrogen-bond acceptors (Lipinski definition) is 5. The van der Waals surface area contributed by atoms with Crippen LogP contribution in [0.5, 0.6) is 0 Å². The molecule has 0 fully saturated rings. The molecule has 3 N–H and O–H groups in total. The zero-order valence-electron chi connectivity index (χ0n) is 10.4. The van der Waals surface area contributed by atoms with E-state index in [4.69, 9.17) is 5.11 Å². The Morgan fingerprint density at radius 1 is 1.56 bits per heavy atom. The van der Waals surface area contributed by atoms with E-state index in [2.05, 4.69) is 25.6 Å². The number of aromatic amines is 1. The number of H-pyrrole nitrogens is 1. The van der Waals surface area contributed by atoms with Crippen molar-refractivity contribution in [1.29, 1.82) is 0 Å². The van der Waals surface area contributed by atoms with Crippen LogP contribution in [0.4, 0.5) is 0 Å². The second kappa shape index (κ2) is 6.27. The van der Waals surface area contributed by atoms with E-state index in [-0.39, 0.29) is 12.6 Å². The van der Waals surface area contributed by atoms with E-state index in [0.29, 0.717) is 19.5 Å². The summed E-state index contributed by atoms with van der Waals surface area (Å²) in [5, 5.41) is 20.1. The molecule has 0 radical (unpaired) electrons. The molecule has 98 valence electrons. The van der Waals surface area contributed by atoms with E-state index < -0.39 is 0 Å². The van der Waals surface area contributed by atoms with Gasteiger partial charge in [-0.15, -0.1) is 5.10 Å².